The van der Waals surface area contributed by atoms with Gasteiger partial charge in [-0.15, -0.1) is 0 Å². The molecule has 0 radical (unpaired) electrons. The average molecular weight is 969 g/mol. The zero-order chi connectivity index (χ0) is 49.8. The number of para-hydroxylation sites is 5. The largest absolute Gasteiger partial charge is 0.455 e. The van der Waals surface area contributed by atoms with Crippen molar-refractivity contribution in [3.8, 4) is 55.9 Å². The highest BCUT2D eigenvalue weighted by Gasteiger charge is 2.26. The maximum absolute atomic E-state index is 6.65. The van der Waals surface area contributed by atoms with E-state index in [9.17, 15) is 0 Å². The van der Waals surface area contributed by atoms with Crippen molar-refractivity contribution in [3.05, 3.63) is 266 Å². The minimum absolute atomic E-state index is 0.885. The van der Waals surface area contributed by atoms with Crippen LogP contribution >= 0.6 is 0 Å². The Labute approximate surface area is 438 Å². The maximum atomic E-state index is 6.65. The number of aromatic nitrogens is 2. The molecular weight excluding hydrogens is 925 g/mol. The summed E-state index contributed by atoms with van der Waals surface area (Å²) in [6.07, 6.45) is 4.29. The van der Waals surface area contributed by atoms with Crippen LogP contribution in [0.15, 0.2) is 245 Å². The second kappa shape index (κ2) is 16.7. The average Bonchev–Trinajstić information content (AvgIpc) is 4.32. The van der Waals surface area contributed by atoms with Gasteiger partial charge in [0.1, 0.15) is 22.3 Å². The lowest BCUT2D eigenvalue weighted by molar-refractivity contribution is 0.669. The first-order valence-corrected chi connectivity index (χ1v) is 26.1. The fourth-order valence-electron chi connectivity index (χ4n) is 12.5. The SMILES string of the molecule is c1ccc(-n2c3ccc(-c4cccc5c4oc4ccccc45)cc3c3cc(-c4cccc5c4oc4ccccc45)ccc32)c(-c2ccccc2-n2c3c(c4cc(-c5ccccc5)ccc42)C=C(c2ccccc2)CC3)c#1. The summed E-state index contributed by atoms with van der Waals surface area (Å²) < 4.78 is 18.3. The van der Waals surface area contributed by atoms with Crippen molar-refractivity contribution in [1.29, 1.82) is 0 Å². The molecule has 0 unspecified atom stereocenters. The van der Waals surface area contributed by atoms with Crippen molar-refractivity contribution in [1.82, 2.24) is 9.13 Å². The van der Waals surface area contributed by atoms with E-state index in [1.807, 2.05) is 18.2 Å². The van der Waals surface area contributed by atoms with Gasteiger partial charge in [-0.25, -0.2) is 0 Å². The molecule has 0 amide bonds. The number of nitrogens with zero attached hydrogens (tertiary/aromatic N) is 2. The van der Waals surface area contributed by atoms with E-state index in [1.54, 1.807) is 0 Å². The minimum atomic E-state index is 0.885. The van der Waals surface area contributed by atoms with Crippen LogP contribution in [0.3, 0.4) is 0 Å². The molecule has 0 bridgehead atoms. The van der Waals surface area contributed by atoms with Gasteiger partial charge in [0.05, 0.1) is 33.5 Å². The molecular formula is C72H44N2O2. The highest BCUT2D eigenvalue weighted by molar-refractivity contribution is 6.16. The third-order valence-electron chi connectivity index (χ3n) is 15.9. The number of fused-ring (bicyclic) bond motifs is 12. The van der Waals surface area contributed by atoms with Crippen molar-refractivity contribution in [2.24, 2.45) is 0 Å². The Morgan fingerprint density at radius 1 is 0.355 bits per heavy atom. The van der Waals surface area contributed by atoms with Gasteiger partial charge in [0.2, 0.25) is 0 Å². The topological polar surface area (TPSA) is 36.1 Å². The van der Waals surface area contributed by atoms with Gasteiger partial charge < -0.3 is 18.0 Å². The smallest absolute Gasteiger partial charge is 0.143 e. The van der Waals surface area contributed by atoms with Crippen LogP contribution in [0.1, 0.15) is 23.2 Å². The number of furan rings is 2. The molecule has 354 valence electrons. The van der Waals surface area contributed by atoms with Crippen molar-refractivity contribution in [3.63, 3.8) is 0 Å². The Morgan fingerprint density at radius 2 is 0.882 bits per heavy atom. The molecule has 0 fully saturated rings. The molecule has 4 aromatic heterocycles. The number of hydrogen-bond donors (Lipinski definition) is 0. The van der Waals surface area contributed by atoms with E-state index in [-0.39, 0.29) is 0 Å². The first kappa shape index (κ1) is 42.4. The van der Waals surface area contributed by atoms with Crippen molar-refractivity contribution in [2.75, 3.05) is 0 Å². The Balaban J connectivity index is 0.922. The van der Waals surface area contributed by atoms with Crippen LogP contribution < -0.4 is 0 Å². The van der Waals surface area contributed by atoms with Crippen LogP contribution in [0, 0.1) is 12.1 Å². The first-order chi connectivity index (χ1) is 37.7. The molecule has 4 heteroatoms. The minimum Gasteiger partial charge on any atom is -0.455 e. The number of allylic oxidation sites excluding steroid dienone is 1. The zero-order valence-electron chi connectivity index (χ0n) is 41.2. The van der Waals surface area contributed by atoms with Gasteiger partial charge in [-0.2, -0.15) is 0 Å². The molecule has 0 atom stereocenters. The molecule has 1 aliphatic rings. The predicted molar refractivity (Wildman–Crippen MR) is 314 cm³/mol. The van der Waals surface area contributed by atoms with Gasteiger partial charge in [-0.3, -0.25) is 0 Å². The fourth-order valence-corrected chi connectivity index (χ4v) is 12.5. The van der Waals surface area contributed by atoms with Crippen molar-refractivity contribution in [2.45, 2.75) is 12.8 Å². The van der Waals surface area contributed by atoms with Crippen molar-refractivity contribution >= 4 is 88.2 Å². The lowest BCUT2D eigenvalue weighted by Gasteiger charge is -2.20. The van der Waals surface area contributed by atoms with Crippen LogP contribution in [0.25, 0.3) is 144 Å². The van der Waals surface area contributed by atoms with E-state index in [1.165, 1.54) is 44.4 Å². The summed E-state index contributed by atoms with van der Waals surface area (Å²) in [7, 11) is 0. The second-order valence-corrected chi connectivity index (χ2v) is 20.1. The zero-order valence-corrected chi connectivity index (χ0v) is 41.2. The standard InChI is InChI=1S/C72H44N2O2/c1-3-17-45(18-4-1)47-33-37-65-59(41-47)60-42-48(46-19-5-2-6-20-46)34-38-66(60)73(65)63-29-11-7-21-53(63)54-22-8-12-30-64(54)74-67-39-35-49(51-25-15-27-57-55-23-9-13-31-69(55)75-71(51)57)43-61(67)62-44-50(36-40-68(62)74)52-26-16-28-58-56-24-10-14-32-70(56)76-72(52)58/h1-7,9-21,23-33,35-37,39-44H,34,38H2. The first-order valence-electron chi connectivity index (χ1n) is 26.1. The molecule has 0 aliphatic heterocycles. The molecule has 76 heavy (non-hydrogen) atoms. The third-order valence-corrected chi connectivity index (χ3v) is 15.9. The van der Waals surface area contributed by atoms with E-state index >= 15 is 0 Å². The summed E-state index contributed by atoms with van der Waals surface area (Å²) in [6.45, 7) is 0. The molecule has 4 heterocycles. The van der Waals surface area contributed by atoms with Crippen LogP contribution in [0.2, 0.25) is 0 Å². The Bertz CT molecular complexity index is 4700. The number of benzene rings is 10. The van der Waals surface area contributed by atoms with Crippen LogP contribution in [0.5, 0.6) is 0 Å². The van der Waals surface area contributed by atoms with Crippen LogP contribution in [0.4, 0.5) is 0 Å². The molecule has 11 aromatic carbocycles. The quantitative estimate of drug-likeness (QED) is 0.160. The summed E-state index contributed by atoms with van der Waals surface area (Å²) in [5.41, 5.74) is 23.0. The summed E-state index contributed by atoms with van der Waals surface area (Å²) in [5, 5.41) is 7.96. The Hall–Kier alpha value is -10.1. The van der Waals surface area contributed by atoms with Gasteiger partial charge in [0, 0.05) is 65.7 Å². The van der Waals surface area contributed by atoms with E-state index < -0.39 is 0 Å². The maximum Gasteiger partial charge on any atom is 0.143 e. The molecule has 0 saturated carbocycles. The summed E-state index contributed by atoms with van der Waals surface area (Å²) >= 11 is 0. The lowest BCUT2D eigenvalue weighted by Crippen LogP contribution is -2.07. The normalized spacial score (nSPS) is 12.6. The summed E-state index contributed by atoms with van der Waals surface area (Å²) in [6, 6.07) is 92.2. The van der Waals surface area contributed by atoms with Gasteiger partial charge in [0.25, 0.3) is 0 Å². The molecule has 15 aromatic rings. The molecule has 4 nitrogen and oxygen atoms in total. The van der Waals surface area contributed by atoms with E-state index in [0.717, 1.165) is 123 Å². The summed E-state index contributed by atoms with van der Waals surface area (Å²) in [5.74, 6) is 0. The van der Waals surface area contributed by atoms with E-state index in [4.69, 9.17) is 8.83 Å². The molecule has 0 saturated heterocycles. The Morgan fingerprint density at radius 3 is 1.54 bits per heavy atom. The van der Waals surface area contributed by atoms with Crippen molar-refractivity contribution < 1.29 is 8.83 Å². The molecule has 1 aliphatic carbocycles. The van der Waals surface area contributed by atoms with Gasteiger partial charge in [0.15, 0.2) is 0 Å². The number of hydrogen-bond acceptors (Lipinski definition) is 2. The van der Waals surface area contributed by atoms with Gasteiger partial charge in [-0.05, 0) is 119 Å². The van der Waals surface area contributed by atoms with Gasteiger partial charge in [-0.1, -0.05) is 182 Å². The summed E-state index contributed by atoms with van der Waals surface area (Å²) in [4.78, 5) is 0. The second-order valence-electron chi connectivity index (χ2n) is 20.1. The van der Waals surface area contributed by atoms with E-state index in [0.29, 0.717) is 0 Å². The molecule has 0 N–H and O–H groups in total. The molecule has 0 spiro atoms. The highest BCUT2D eigenvalue weighted by Crippen LogP contribution is 2.46. The monoisotopic (exact) mass is 968 g/mol. The lowest BCUT2D eigenvalue weighted by atomic mass is 9.91. The van der Waals surface area contributed by atoms with Crippen LogP contribution in [-0.2, 0) is 6.42 Å². The predicted octanol–water partition coefficient (Wildman–Crippen LogP) is 19.3. The number of rotatable bonds is 7. The van der Waals surface area contributed by atoms with Gasteiger partial charge >= 0.3 is 0 Å². The van der Waals surface area contributed by atoms with E-state index in [2.05, 4.69) is 246 Å². The fraction of sp³-hybridized carbons (Fsp3) is 0.0278. The highest BCUT2D eigenvalue weighted by atomic mass is 16.3. The third kappa shape index (κ3) is 6.46. The van der Waals surface area contributed by atoms with Crippen LogP contribution in [-0.4, -0.2) is 9.13 Å². The Kier molecular flexibility index (Phi) is 9.34. The molecule has 16 rings (SSSR count).